The standard InChI is InChI=1S/C12H15BrO.C11H11BrO.C5H10O/c1-7-4-10-9(11(13)5-7)6-8(2)12(10)14-3;1-6-3-9-8(10(12)4-6)5-7(2)11(9)13;1-5-3-2-4-6-5/h4-5,8,12H,6H2,1-3H3;3-4,7H,5H2,1-2H3;5H,2-4H2,1H3. The number of carbonyl (C=O) groups is 1. The van der Waals surface area contributed by atoms with Gasteiger partial charge in [-0.15, -0.1) is 0 Å². The molecule has 4 unspecified atom stereocenters. The number of rotatable bonds is 1. The molecule has 1 aliphatic heterocycles. The first-order valence-corrected chi connectivity index (χ1v) is 13.5. The normalized spacial score (nSPS) is 25.0. The van der Waals surface area contributed by atoms with Gasteiger partial charge in [-0.2, -0.15) is 0 Å². The Kier molecular flexibility index (Phi) is 9.36. The lowest BCUT2D eigenvalue weighted by molar-refractivity contribution is 0.0695. The van der Waals surface area contributed by atoms with Crippen molar-refractivity contribution in [2.24, 2.45) is 11.8 Å². The van der Waals surface area contributed by atoms with Gasteiger partial charge in [-0.25, -0.2) is 0 Å². The number of aryl methyl sites for hydroxylation is 2. The molecule has 2 aromatic carbocycles. The lowest BCUT2D eigenvalue weighted by Gasteiger charge is -2.14. The SMILES string of the molecule is CC1CCCO1.COC1c2cc(C)cc(Br)c2CC1C.Cc1cc(Br)c2c(c1)C(=O)C(C)C2. The molecule has 4 atom stereocenters. The van der Waals surface area contributed by atoms with Crippen molar-refractivity contribution >= 4 is 37.6 Å². The topological polar surface area (TPSA) is 35.5 Å². The van der Waals surface area contributed by atoms with Crippen LogP contribution in [0, 0.1) is 25.7 Å². The summed E-state index contributed by atoms with van der Waals surface area (Å²) in [5.41, 5.74) is 7.34. The molecule has 0 aromatic heterocycles. The summed E-state index contributed by atoms with van der Waals surface area (Å²) in [7, 11) is 1.80. The van der Waals surface area contributed by atoms with E-state index >= 15 is 0 Å². The quantitative estimate of drug-likeness (QED) is 0.344. The molecule has 180 valence electrons. The van der Waals surface area contributed by atoms with Crippen LogP contribution in [0.3, 0.4) is 0 Å². The van der Waals surface area contributed by atoms with E-state index in [1.807, 2.05) is 19.9 Å². The third-order valence-corrected chi connectivity index (χ3v) is 8.11. The number of hydrogen-bond acceptors (Lipinski definition) is 3. The fourth-order valence-electron chi connectivity index (χ4n) is 4.97. The minimum absolute atomic E-state index is 0.160. The van der Waals surface area contributed by atoms with Gasteiger partial charge in [-0.05, 0) is 98.4 Å². The smallest absolute Gasteiger partial charge is 0.166 e. The lowest BCUT2D eigenvalue weighted by Crippen LogP contribution is -2.05. The largest absolute Gasteiger partial charge is 0.379 e. The molecule has 0 radical (unpaired) electrons. The van der Waals surface area contributed by atoms with E-state index in [2.05, 4.69) is 70.8 Å². The van der Waals surface area contributed by atoms with Crippen LogP contribution in [0.4, 0.5) is 0 Å². The Morgan fingerprint density at radius 2 is 1.58 bits per heavy atom. The third-order valence-electron chi connectivity index (χ3n) is 6.70. The molecule has 5 heteroatoms. The molecule has 1 heterocycles. The minimum atomic E-state index is 0.160. The first-order valence-electron chi connectivity index (χ1n) is 11.9. The third kappa shape index (κ3) is 6.36. The molecule has 3 nitrogen and oxygen atoms in total. The van der Waals surface area contributed by atoms with Gasteiger partial charge in [-0.3, -0.25) is 4.79 Å². The van der Waals surface area contributed by atoms with Crippen molar-refractivity contribution in [1.82, 2.24) is 0 Å². The molecule has 3 aliphatic rings. The van der Waals surface area contributed by atoms with Crippen LogP contribution >= 0.6 is 31.9 Å². The number of carbonyl (C=O) groups excluding carboxylic acids is 1. The van der Waals surface area contributed by atoms with Crippen molar-refractivity contribution in [2.75, 3.05) is 13.7 Å². The van der Waals surface area contributed by atoms with Crippen LogP contribution in [0.15, 0.2) is 33.2 Å². The van der Waals surface area contributed by atoms with E-state index in [-0.39, 0.29) is 12.0 Å². The second-order valence-electron chi connectivity index (χ2n) is 9.72. The van der Waals surface area contributed by atoms with Crippen LogP contribution in [0.5, 0.6) is 0 Å². The van der Waals surface area contributed by atoms with Gasteiger partial charge >= 0.3 is 0 Å². The highest BCUT2D eigenvalue weighted by Gasteiger charge is 2.31. The zero-order chi connectivity index (χ0) is 24.3. The van der Waals surface area contributed by atoms with Gasteiger partial charge in [0.1, 0.15) is 0 Å². The molecule has 1 fully saturated rings. The predicted molar refractivity (Wildman–Crippen MR) is 142 cm³/mol. The van der Waals surface area contributed by atoms with Gasteiger partial charge in [0.15, 0.2) is 5.78 Å². The molecule has 2 aromatic rings. The van der Waals surface area contributed by atoms with Gasteiger partial charge in [0.2, 0.25) is 0 Å². The first-order chi connectivity index (χ1) is 15.6. The number of halogens is 2. The molecule has 5 rings (SSSR count). The molecule has 0 saturated carbocycles. The summed E-state index contributed by atoms with van der Waals surface area (Å²) >= 11 is 7.13. The number of Topliss-reactive ketones (excluding diaryl/α,β-unsaturated/α-hetero) is 1. The Hall–Kier alpha value is -1.01. The van der Waals surface area contributed by atoms with E-state index in [0.717, 1.165) is 35.0 Å². The van der Waals surface area contributed by atoms with Gasteiger partial charge in [-0.1, -0.05) is 51.8 Å². The fraction of sp³-hybridized carbons (Fsp3) is 0.536. The average molecular weight is 580 g/mol. The first kappa shape index (κ1) is 26.6. The van der Waals surface area contributed by atoms with Crippen LogP contribution in [0.1, 0.15) is 77.9 Å². The van der Waals surface area contributed by atoms with Gasteiger partial charge in [0.05, 0.1) is 12.2 Å². The fourth-order valence-corrected chi connectivity index (χ4v) is 6.45. The maximum atomic E-state index is 11.7. The Morgan fingerprint density at radius 3 is 2.12 bits per heavy atom. The van der Waals surface area contributed by atoms with Gasteiger partial charge in [0, 0.05) is 34.1 Å². The monoisotopic (exact) mass is 578 g/mol. The van der Waals surface area contributed by atoms with Gasteiger partial charge < -0.3 is 9.47 Å². The van der Waals surface area contributed by atoms with Crippen LogP contribution < -0.4 is 0 Å². The van der Waals surface area contributed by atoms with Crippen LogP contribution in [-0.4, -0.2) is 25.6 Å². The average Bonchev–Trinajstić information content (AvgIpc) is 3.42. The molecule has 0 bridgehead atoms. The molecular weight excluding hydrogens is 544 g/mol. The summed E-state index contributed by atoms with van der Waals surface area (Å²) in [5, 5.41) is 0. The summed E-state index contributed by atoms with van der Waals surface area (Å²) in [4.78, 5) is 11.7. The summed E-state index contributed by atoms with van der Waals surface area (Å²) in [6.07, 6.45) is 5.36. The van der Waals surface area contributed by atoms with E-state index < -0.39 is 0 Å². The maximum Gasteiger partial charge on any atom is 0.166 e. The summed E-state index contributed by atoms with van der Waals surface area (Å²) in [5.74, 6) is 1.04. The van der Waals surface area contributed by atoms with E-state index in [1.165, 1.54) is 39.6 Å². The lowest BCUT2D eigenvalue weighted by atomic mass is 10.0. The van der Waals surface area contributed by atoms with Crippen molar-refractivity contribution in [1.29, 1.82) is 0 Å². The van der Waals surface area contributed by atoms with E-state index in [1.54, 1.807) is 7.11 Å². The van der Waals surface area contributed by atoms with E-state index in [9.17, 15) is 4.79 Å². The number of ether oxygens (including phenoxy) is 2. The highest BCUT2D eigenvalue weighted by Crippen LogP contribution is 2.42. The maximum absolute atomic E-state index is 11.7. The molecule has 2 aliphatic carbocycles. The zero-order valence-electron chi connectivity index (χ0n) is 20.6. The van der Waals surface area contributed by atoms with Crippen molar-refractivity contribution in [3.8, 4) is 0 Å². The number of ketones is 1. The van der Waals surface area contributed by atoms with E-state index in [4.69, 9.17) is 9.47 Å². The van der Waals surface area contributed by atoms with Crippen molar-refractivity contribution < 1.29 is 14.3 Å². The zero-order valence-corrected chi connectivity index (χ0v) is 23.8. The number of benzene rings is 2. The van der Waals surface area contributed by atoms with Crippen molar-refractivity contribution in [2.45, 2.75) is 72.5 Å². The van der Waals surface area contributed by atoms with Crippen LogP contribution in [0.25, 0.3) is 0 Å². The molecule has 33 heavy (non-hydrogen) atoms. The van der Waals surface area contributed by atoms with Gasteiger partial charge in [0.25, 0.3) is 0 Å². The number of fused-ring (bicyclic) bond motifs is 2. The molecule has 0 amide bonds. The Balaban J connectivity index is 0.000000150. The van der Waals surface area contributed by atoms with E-state index in [0.29, 0.717) is 17.8 Å². The van der Waals surface area contributed by atoms with Crippen LogP contribution in [0.2, 0.25) is 0 Å². The predicted octanol–water partition coefficient (Wildman–Crippen LogP) is 7.95. The molecule has 1 saturated heterocycles. The molecule has 0 N–H and O–H groups in total. The molecule has 0 spiro atoms. The number of methoxy groups -OCH3 is 1. The number of hydrogen-bond donors (Lipinski definition) is 0. The second-order valence-corrected chi connectivity index (χ2v) is 11.4. The minimum Gasteiger partial charge on any atom is -0.379 e. The van der Waals surface area contributed by atoms with Crippen molar-refractivity contribution in [3.63, 3.8) is 0 Å². The second kappa shape index (κ2) is 11.6. The van der Waals surface area contributed by atoms with Crippen molar-refractivity contribution in [3.05, 3.63) is 66.6 Å². The highest BCUT2D eigenvalue weighted by atomic mass is 79.9. The summed E-state index contributed by atoms with van der Waals surface area (Å²) in [6.45, 7) is 11.5. The Labute approximate surface area is 215 Å². The van der Waals surface area contributed by atoms with Crippen LogP contribution in [-0.2, 0) is 22.3 Å². The summed E-state index contributed by atoms with van der Waals surface area (Å²) in [6, 6.07) is 8.50. The summed E-state index contributed by atoms with van der Waals surface area (Å²) < 4.78 is 13.0. The molecular formula is C28H36Br2O3. The Bertz CT molecular complexity index is 995. The highest BCUT2D eigenvalue weighted by molar-refractivity contribution is 9.10. The Morgan fingerprint density at radius 1 is 0.939 bits per heavy atom.